The molecule has 3 heteroatoms. The van der Waals surface area contributed by atoms with E-state index in [0.717, 1.165) is 6.54 Å². The fourth-order valence-electron chi connectivity index (χ4n) is 4.20. The van der Waals surface area contributed by atoms with Crippen LogP contribution in [-0.4, -0.2) is 35.1 Å². The first kappa shape index (κ1) is 16.5. The fourth-order valence-corrected chi connectivity index (χ4v) is 4.20. The molecule has 1 aromatic rings. The van der Waals surface area contributed by atoms with Gasteiger partial charge in [0.1, 0.15) is 11.6 Å². The quantitative estimate of drug-likeness (QED) is 0.791. The van der Waals surface area contributed by atoms with E-state index in [-0.39, 0.29) is 17.9 Å². The number of benzene rings is 1. The molecular weight excluding hydrogens is 286 g/mol. The van der Waals surface area contributed by atoms with E-state index < -0.39 is 5.60 Å². The lowest BCUT2D eigenvalue weighted by Crippen LogP contribution is -2.48. The number of rotatable bonds is 4. The summed E-state index contributed by atoms with van der Waals surface area (Å²) >= 11 is 0. The summed E-state index contributed by atoms with van der Waals surface area (Å²) in [5, 5.41) is 0. The van der Waals surface area contributed by atoms with Crippen molar-refractivity contribution in [1.82, 2.24) is 4.90 Å². The van der Waals surface area contributed by atoms with E-state index >= 15 is 0 Å². The number of ether oxygens (including phenoxy) is 1. The normalized spacial score (nSPS) is 28.5. The highest BCUT2D eigenvalue weighted by atomic mass is 16.6. The van der Waals surface area contributed by atoms with E-state index in [4.69, 9.17) is 4.74 Å². The van der Waals surface area contributed by atoms with E-state index in [9.17, 15) is 4.79 Å². The summed E-state index contributed by atoms with van der Waals surface area (Å²) in [6, 6.07) is 11.1. The average Bonchev–Trinajstić information content (AvgIpc) is 3.02. The van der Waals surface area contributed by atoms with Crippen molar-refractivity contribution in [2.45, 2.75) is 64.6 Å². The van der Waals surface area contributed by atoms with E-state index in [1.54, 1.807) is 0 Å². The first-order chi connectivity index (χ1) is 10.8. The third-order valence-electron chi connectivity index (χ3n) is 5.05. The Morgan fingerprint density at radius 3 is 2.43 bits per heavy atom. The van der Waals surface area contributed by atoms with Crippen LogP contribution in [0.1, 0.15) is 52.5 Å². The van der Waals surface area contributed by atoms with Gasteiger partial charge in [0.15, 0.2) is 0 Å². The second kappa shape index (κ2) is 5.94. The molecule has 0 N–H and O–H groups in total. The summed E-state index contributed by atoms with van der Waals surface area (Å²) in [5.41, 5.74) is 0.991. The van der Waals surface area contributed by atoms with Crippen molar-refractivity contribution in [1.29, 1.82) is 0 Å². The maximum atomic E-state index is 12.7. The number of carbonyl (C=O) groups is 1. The molecule has 2 aliphatic rings. The number of piperidine rings is 1. The molecular formula is C20H29NO2. The zero-order chi connectivity index (χ0) is 16.8. The van der Waals surface area contributed by atoms with Crippen molar-refractivity contribution in [3.05, 3.63) is 35.9 Å². The maximum absolute atomic E-state index is 12.7. The van der Waals surface area contributed by atoms with Gasteiger partial charge >= 0.3 is 5.97 Å². The molecule has 1 saturated carbocycles. The number of fused-ring (bicyclic) bond motifs is 1. The molecule has 126 valence electrons. The van der Waals surface area contributed by atoms with E-state index in [1.807, 2.05) is 20.8 Å². The van der Waals surface area contributed by atoms with Gasteiger partial charge in [-0.25, -0.2) is 0 Å². The van der Waals surface area contributed by atoms with Gasteiger partial charge < -0.3 is 4.74 Å². The van der Waals surface area contributed by atoms with Crippen molar-refractivity contribution in [2.24, 2.45) is 11.8 Å². The summed E-state index contributed by atoms with van der Waals surface area (Å²) in [4.78, 5) is 15.1. The molecule has 1 aromatic carbocycles. The lowest BCUT2D eigenvalue weighted by Gasteiger charge is -2.33. The highest BCUT2D eigenvalue weighted by molar-refractivity contribution is 5.77. The Morgan fingerprint density at radius 2 is 1.87 bits per heavy atom. The minimum Gasteiger partial charge on any atom is -0.459 e. The Bertz CT molecular complexity index is 561. The van der Waals surface area contributed by atoms with Crippen LogP contribution in [0.5, 0.6) is 0 Å². The lowest BCUT2D eigenvalue weighted by molar-refractivity contribution is -0.163. The van der Waals surface area contributed by atoms with Crippen molar-refractivity contribution in [3.63, 3.8) is 0 Å². The highest BCUT2D eigenvalue weighted by Gasteiger charge is 2.60. The molecule has 0 amide bonds. The standard InChI is InChI=1S/C20H29NO2/c1-13(2)17(19(22)23-20(3,4)5)21-12-11-15-16(18(15)21)14-9-7-6-8-10-14/h6-10,13,15-18H,11-12H2,1-5H3/t15-,16-,17+,18-/m1/s1. The van der Waals surface area contributed by atoms with Gasteiger partial charge in [-0.15, -0.1) is 0 Å². The van der Waals surface area contributed by atoms with Gasteiger partial charge in [0, 0.05) is 12.0 Å². The predicted octanol–water partition coefficient (Wildman–Crippen LogP) is 3.84. The summed E-state index contributed by atoms with van der Waals surface area (Å²) in [7, 11) is 0. The zero-order valence-corrected chi connectivity index (χ0v) is 15.0. The van der Waals surface area contributed by atoms with Gasteiger partial charge in [0.05, 0.1) is 0 Å². The first-order valence-electron chi connectivity index (χ1n) is 8.83. The minimum atomic E-state index is -0.425. The monoisotopic (exact) mass is 315 g/mol. The van der Waals surface area contributed by atoms with E-state index in [0.29, 0.717) is 17.9 Å². The summed E-state index contributed by atoms with van der Waals surface area (Å²) in [6.45, 7) is 11.1. The van der Waals surface area contributed by atoms with Crippen LogP contribution in [0.25, 0.3) is 0 Å². The molecule has 1 aliphatic heterocycles. The minimum absolute atomic E-state index is 0.0631. The molecule has 0 bridgehead atoms. The molecule has 1 saturated heterocycles. The number of hydrogen-bond donors (Lipinski definition) is 0. The van der Waals surface area contributed by atoms with Crippen LogP contribution in [0.2, 0.25) is 0 Å². The fraction of sp³-hybridized carbons (Fsp3) is 0.650. The molecule has 3 nitrogen and oxygen atoms in total. The first-order valence-corrected chi connectivity index (χ1v) is 8.83. The van der Waals surface area contributed by atoms with Crippen LogP contribution in [0, 0.1) is 11.8 Å². The Kier molecular flexibility index (Phi) is 4.26. The van der Waals surface area contributed by atoms with Gasteiger partial charge in [0.25, 0.3) is 0 Å². The maximum Gasteiger partial charge on any atom is 0.324 e. The molecule has 4 atom stereocenters. The molecule has 3 rings (SSSR count). The van der Waals surface area contributed by atoms with Crippen molar-refractivity contribution in [3.8, 4) is 0 Å². The topological polar surface area (TPSA) is 29.5 Å². The van der Waals surface area contributed by atoms with Gasteiger partial charge in [-0.05, 0) is 51.1 Å². The third-order valence-corrected chi connectivity index (χ3v) is 5.05. The summed E-state index contributed by atoms with van der Waals surface area (Å²) < 4.78 is 5.70. The smallest absolute Gasteiger partial charge is 0.324 e. The SMILES string of the molecule is CC(C)[C@@H](C(=O)OC(C)(C)C)N1CC[C@@H]2[C@@H](c3ccccc3)[C@@H]21. The number of nitrogens with zero attached hydrogens (tertiary/aromatic N) is 1. The molecule has 23 heavy (non-hydrogen) atoms. The summed E-state index contributed by atoms with van der Waals surface area (Å²) in [5.74, 6) is 1.50. The van der Waals surface area contributed by atoms with Crippen molar-refractivity contribution in [2.75, 3.05) is 6.54 Å². The molecule has 2 fully saturated rings. The van der Waals surface area contributed by atoms with E-state index in [1.165, 1.54) is 12.0 Å². The van der Waals surface area contributed by atoms with Crippen LogP contribution >= 0.6 is 0 Å². The van der Waals surface area contributed by atoms with Gasteiger partial charge in [-0.2, -0.15) is 0 Å². The highest BCUT2D eigenvalue weighted by Crippen LogP contribution is 2.58. The number of esters is 1. The lowest BCUT2D eigenvalue weighted by atomic mass is 10.0. The van der Waals surface area contributed by atoms with E-state index in [2.05, 4.69) is 49.1 Å². The predicted molar refractivity (Wildman–Crippen MR) is 92.3 cm³/mol. The van der Waals surface area contributed by atoms with Crippen LogP contribution in [0.4, 0.5) is 0 Å². The summed E-state index contributed by atoms with van der Waals surface area (Å²) in [6.07, 6.45) is 1.19. The Hall–Kier alpha value is -1.35. The molecule has 1 heterocycles. The van der Waals surface area contributed by atoms with Crippen LogP contribution < -0.4 is 0 Å². The Morgan fingerprint density at radius 1 is 1.22 bits per heavy atom. The zero-order valence-electron chi connectivity index (χ0n) is 15.0. The van der Waals surface area contributed by atoms with Gasteiger partial charge in [-0.1, -0.05) is 44.2 Å². The van der Waals surface area contributed by atoms with Crippen LogP contribution in [0.3, 0.4) is 0 Å². The molecule has 0 unspecified atom stereocenters. The Labute approximate surface area is 140 Å². The van der Waals surface area contributed by atoms with Crippen LogP contribution in [-0.2, 0) is 9.53 Å². The molecule has 0 radical (unpaired) electrons. The van der Waals surface area contributed by atoms with Gasteiger partial charge in [0.2, 0.25) is 0 Å². The van der Waals surface area contributed by atoms with Crippen molar-refractivity contribution < 1.29 is 9.53 Å². The number of likely N-dealkylation sites (tertiary alicyclic amines) is 1. The number of hydrogen-bond acceptors (Lipinski definition) is 3. The number of carbonyl (C=O) groups excluding carboxylic acids is 1. The largest absolute Gasteiger partial charge is 0.459 e. The third kappa shape index (κ3) is 3.30. The average molecular weight is 315 g/mol. The van der Waals surface area contributed by atoms with Crippen molar-refractivity contribution >= 4 is 5.97 Å². The Balaban J connectivity index is 1.76. The second-order valence-corrected chi connectivity index (χ2v) is 8.34. The molecule has 0 spiro atoms. The molecule has 1 aliphatic carbocycles. The van der Waals surface area contributed by atoms with Crippen LogP contribution in [0.15, 0.2) is 30.3 Å². The molecule has 0 aromatic heterocycles. The second-order valence-electron chi connectivity index (χ2n) is 8.34. The van der Waals surface area contributed by atoms with Gasteiger partial charge in [-0.3, -0.25) is 9.69 Å².